The van der Waals surface area contributed by atoms with Crippen molar-refractivity contribution >= 4 is 27.7 Å². The molecule has 0 bridgehead atoms. The van der Waals surface area contributed by atoms with E-state index in [1.807, 2.05) is 23.9 Å². The van der Waals surface area contributed by atoms with Gasteiger partial charge in [-0.15, -0.1) is 10.2 Å². The lowest BCUT2D eigenvalue weighted by Gasteiger charge is -2.23. The number of hydrogen-bond acceptors (Lipinski definition) is 3. The average Bonchev–Trinajstić information content (AvgIpc) is 2.57. The number of hydrogen-bond donors (Lipinski definition) is 1. The normalized spacial score (nSPS) is 15.9. The van der Waals surface area contributed by atoms with Gasteiger partial charge in [0.15, 0.2) is 0 Å². The fourth-order valence-electron chi connectivity index (χ4n) is 2.77. The lowest BCUT2D eigenvalue weighted by atomic mass is 10.1. The molecule has 22 heavy (non-hydrogen) atoms. The summed E-state index contributed by atoms with van der Waals surface area (Å²) in [6.45, 7) is 3.92. The van der Waals surface area contributed by atoms with Gasteiger partial charge in [0.2, 0.25) is 0 Å². The van der Waals surface area contributed by atoms with Gasteiger partial charge in [-0.3, -0.25) is 0 Å². The topological polar surface area (TPSA) is 30.2 Å². The van der Waals surface area contributed by atoms with Crippen molar-refractivity contribution in [2.24, 2.45) is 0 Å². The summed E-state index contributed by atoms with van der Waals surface area (Å²) in [6, 6.07) is 12.3. The van der Waals surface area contributed by atoms with E-state index in [4.69, 9.17) is 0 Å². The Bertz CT molecular complexity index is 580. The maximum atomic E-state index is 4.35. The number of rotatable bonds is 5. The molecular formula is C17H21BrN3S+. The van der Waals surface area contributed by atoms with E-state index >= 15 is 0 Å². The third-order valence-electron chi connectivity index (χ3n) is 4.05. The smallest absolute Gasteiger partial charge is 0.119 e. The first-order valence-corrected chi connectivity index (χ1v) is 9.65. The summed E-state index contributed by atoms with van der Waals surface area (Å²) in [5.41, 5.74) is 2.03. The molecule has 0 aliphatic carbocycles. The van der Waals surface area contributed by atoms with Crippen LogP contribution in [0.25, 0.3) is 11.3 Å². The third kappa shape index (κ3) is 4.54. The van der Waals surface area contributed by atoms with Gasteiger partial charge in [0.1, 0.15) is 5.03 Å². The highest BCUT2D eigenvalue weighted by atomic mass is 79.9. The fourth-order valence-corrected chi connectivity index (χ4v) is 3.90. The lowest BCUT2D eigenvalue weighted by molar-refractivity contribution is -0.902. The second kappa shape index (κ2) is 8.09. The molecule has 0 atom stereocenters. The van der Waals surface area contributed by atoms with E-state index in [2.05, 4.69) is 50.4 Å². The first kappa shape index (κ1) is 16.0. The molecule has 1 N–H and O–H groups in total. The number of quaternary nitrogens is 1. The van der Waals surface area contributed by atoms with Crippen LogP contribution in [0.3, 0.4) is 0 Å². The van der Waals surface area contributed by atoms with Gasteiger partial charge < -0.3 is 4.90 Å². The maximum absolute atomic E-state index is 4.35. The molecule has 2 aromatic rings. The van der Waals surface area contributed by atoms with Gasteiger partial charge in [-0.25, -0.2) is 0 Å². The Morgan fingerprint density at radius 1 is 0.955 bits per heavy atom. The van der Waals surface area contributed by atoms with Crippen molar-refractivity contribution in [3.8, 4) is 11.3 Å². The molecule has 0 amide bonds. The molecule has 1 aliphatic rings. The molecule has 0 unspecified atom stereocenters. The molecule has 5 heteroatoms. The summed E-state index contributed by atoms with van der Waals surface area (Å²) in [5.74, 6) is 1.13. The molecule has 1 aliphatic heterocycles. The predicted octanol–water partition coefficient (Wildman–Crippen LogP) is 3.07. The van der Waals surface area contributed by atoms with E-state index in [-0.39, 0.29) is 0 Å². The maximum Gasteiger partial charge on any atom is 0.119 e. The zero-order chi connectivity index (χ0) is 15.2. The Labute approximate surface area is 144 Å². The van der Waals surface area contributed by atoms with E-state index in [1.54, 1.807) is 4.90 Å². The molecule has 1 saturated heterocycles. The predicted molar refractivity (Wildman–Crippen MR) is 95.3 cm³/mol. The molecule has 0 spiro atoms. The van der Waals surface area contributed by atoms with Gasteiger partial charge >= 0.3 is 0 Å². The zero-order valence-electron chi connectivity index (χ0n) is 12.6. The van der Waals surface area contributed by atoms with Crippen molar-refractivity contribution in [3.05, 3.63) is 40.9 Å². The van der Waals surface area contributed by atoms with E-state index < -0.39 is 0 Å². The molecule has 1 aromatic carbocycles. The number of nitrogens with one attached hydrogen (secondary N) is 1. The molecule has 2 heterocycles. The molecule has 116 valence electrons. The van der Waals surface area contributed by atoms with Crippen molar-refractivity contribution in [1.29, 1.82) is 0 Å². The van der Waals surface area contributed by atoms with Gasteiger partial charge in [0.05, 0.1) is 25.3 Å². The molecule has 0 saturated carbocycles. The van der Waals surface area contributed by atoms with Gasteiger partial charge in [0.25, 0.3) is 0 Å². The van der Waals surface area contributed by atoms with E-state index in [9.17, 15) is 0 Å². The Morgan fingerprint density at radius 2 is 1.73 bits per heavy atom. The summed E-state index contributed by atoms with van der Waals surface area (Å²) in [5, 5.41) is 9.73. The number of thioether (sulfide) groups is 1. The minimum atomic E-state index is 0.929. The molecule has 3 nitrogen and oxygen atoms in total. The highest BCUT2D eigenvalue weighted by Crippen LogP contribution is 2.21. The number of benzene rings is 1. The van der Waals surface area contributed by atoms with Crippen LogP contribution < -0.4 is 4.90 Å². The number of aromatic nitrogens is 2. The molecule has 1 fully saturated rings. The quantitative estimate of drug-likeness (QED) is 0.810. The number of piperidine rings is 1. The largest absolute Gasteiger partial charge is 0.334 e. The third-order valence-corrected chi connectivity index (χ3v) is 5.50. The first-order chi connectivity index (χ1) is 10.8. The van der Waals surface area contributed by atoms with Crippen LogP contribution >= 0.6 is 27.7 Å². The summed E-state index contributed by atoms with van der Waals surface area (Å²) >= 11 is 5.27. The zero-order valence-corrected chi connectivity index (χ0v) is 15.0. The Balaban J connectivity index is 1.51. The molecule has 0 radical (unpaired) electrons. The van der Waals surface area contributed by atoms with Crippen molar-refractivity contribution in [1.82, 2.24) is 10.2 Å². The average molecular weight is 379 g/mol. The van der Waals surface area contributed by atoms with Crippen LogP contribution in [0.4, 0.5) is 0 Å². The minimum absolute atomic E-state index is 0.929. The van der Waals surface area contributed by atoms with Crippen molar-refractivity contribution in [2.75, 3.05) is 25.4 Å². The van der Waals surface area contributed by atoms with E-state index in [1.165, 1.54) is 38.9 Å². The van der Waals surface area contributed by atoms with Gasteiger partial charge in [-0.1, -0.05) is 39.8 Å². The highest BCUT2D eigenvalue weighted by Gasteiger charge is 2.13. The number of nitrogens with zero attached hydrogens (tertiary/aromatic N) is 2. The van der Waals surface area contributed by atoms with Crippen molar-refractivity contribution in [2.45, 2.75) is 24.3 Å². The van der Waals surface area contributed by atoms with Crippen LogP contribution in [0.15, 0.2) is 45.9 Å². The number of likely N-dealkylation sites (tertiary alicyclic amines) is 1. The van der Waals surface area contributed by atoms with Crippen molar-refractivity contribution in [3.63, 3.8) is 0 Å². The monoisotopic (exact) mass is 378 g/mol. The SMILES string of the molecule is Brc1ccc(-c2ccc(SCC[NH+]3CCCCC3)nn2)cc1. The second-order valence-electron chi connectivity index (χ2n) is 5.67. The molecular weight excluding hydrogens is 358 g/mol. The first-order valence-electron chi connectivity index (χ1n) is 7.87. The van der Waals surface area contributed by atoms with Crippen LogP contribution in [0.2, 0.25) is 0 Å². The van der Waals surface area contributed by atoms with Crippen LogP contribution in [-0.2, 0) is 0 Å². The minimum Gasteiger partial charge on any atom is -0.334 e. The summed E-state index contributed by atoms with van der Waals surface area (Å²) in [7, 11) is 0. The van der Waals surface area contributed by atoms with Crippen LogP contribution in [0.1, 0.15) is 19.3 Å². The van der Waals surface area contributed by atoms with Gasteiger partial charge in [0, 0.05) is 15.8 Å². The highest BCUT2D eigenvalue weighted by molar-refractivity contribution is 9.10. The summed E-state index contributed by atoms with van der Waals surface area (Å²) in [6.07, 6.45) is 4.20. The summed E-state index contributed by atoms with van der Waals surface area (Å²) < 4.78 is 1.08. The summed E-state index contributed by atoms with van der Waals surface area (Å²) in [4.78, 5) is 1.75. The van der Waals surface area contributed by atoms with Gasteiger partial charge in [-0.2, -0.15) is 0 Å². The molecule has 1 aromatic heterocycles. The van der Waals surface area contributed by atoms with E-state index in [0.29, 0.717) is 0 Å². The molecule has 3 rings (SSSR count). The Kier molecular flexibility index (Phi) is 5.87. The van der Waals surface area contributed by atoms with E-state index in [0.717, 1.165) is 26.5 Å². The number of halogens is 1. The van der Waals surface area contributed by atoms with Crippen molar-refractivity contribution < 1.29 is 4.90 Å². The van der Waals surface area contributed by atoms with Crippen LogP contribution in [0, 0.1) is 0 Å². The Hall–Kier alpha value is -0.910. The lowest BCUT2D eigenvalue weighted by Crippen LogP contribution is -3.13. The van der Waals surface area contributed by atoms with Gasteiger partial charge in [-0.05, 0) is 43.5 Å². The van der Waals surface area contributed by atoms with Crippen LogP contribution in [-0.4, -0.2) is 35.6 Å². The second-order valence-corrected chi connectivity index (χ2v) is 7.70. The fraction of sp³-hybridized carbons (Fsp3) is 0.412. The van der Waals surface area contributed by atoms with Crippen LogP contribution in [0.5, 0.6) is 0 Å². The standard InChI is InChI=1S/C17H20BrN3S/c18-15-6-4-14(5-7-15)16-8-9-17(20-19-16)22-13-12-21-10-2-1-3-11-21/h4-9H,1-3,10-13H2/p+1. The Morgan fingerprint density at radius 3 is 2.41 bits per heavy atom.